The van der Waals surface area contributed by atoms with Gasteiger partial charge in [-0.25, -0.2) is 12.8 Å². The van der Waals surface area contributed by atoms with Gasteiger partial charge in [-0.3, -0.25) is 13.9 Å². The number of hydrogen-bond donors (Lipinski definition) is 1. The highest BCUT2D eigenvalue weighted by Crippen LogP contribution is 2.34. The van der Waals surface area contributed by atoms with Gasteiger partial charge in [0.05, 0.1) is 24.8 Å². The summed E-state index contributed by atoms with van der Waals surface area (Å²) in [6, 6.07) is 25.1. The van der Waals surface area contributed by atoms with Crippen molar-refractivity contribution in [1.82, 2.24) is 10.2 Å². The normalized spacial score (nSPS) is 13.8. The van der Waals surface area contributed by atoms with Gasteiger partial charge in [-0.1, -0.05) is 79.1 Å². The predicted molar refractivity (Wildman–Crippen MR) is 187 cm³/mol. The number of ether oxygens (including phenoxy) is 2. The lowest BCUT2D eigenvalue weighted by Gasteiger charge is -2.34. The molecule has 9 nitrogen and oxygen atoms in total. The van der Waals surface area contributed by atoms with Crippen molar-refractivity contribution < 1.29 is 31.9 Å². The number of anilines is 1. The number of aryl methyl sites for hydroxylation is 1. The van der Waals surface area contributed by atoms with Gasteiger partial charge >= 0.3 is 0 Å². The van der Waals surface area contributed by atoms with E-state index in [-0.39, 0.29) is 46.8 Å². The van der Waals surface area contributed by atoms with Crippen LogP contribution in [0.1, 0.15) is 42.4 Å². The van der Waals surface area contributed by atoms with Gasteiger partial charge in [0.15, 0.2) is 11.5 Å². The fourth-order valence-corrected chi connectivity index (χ4v) is 7.48. The molecule has 11 heteroatoms. The van der Waals surface area contributed by atoms with Crippen LogP contribution in [0, 0.1) is 12.7 Å². The van der Waals surface area contributed by atoms with E-state index in [9.17, 15) is 18.0 Å². The number of benzene rings is 4. The zero-order valence-electron chi connectivity index (χ0n) is 28.0. The van der Waals surface area contributed by atoms with Crippen LogP contribution in [0.25, 0.3) is 0 Å². The third kappa shape index (κ3) is 8.58. The standard InChI is InChI=1S/C38H42FN3O6S/c1-27-17-20-32(21-18-27)49(45,46)42(31-19-22-35(47-2)36(24-31)48-3)26-37(43)41(25-29-13-7-10-16-33(29)39)34(23-28-11-5-4-6-12-28)38(44)40-30-14-8-9-15-30/h4-7,10-13,16-22,24,30,34H,8-9,14-15,23,25-26H2,1-3H3,(H,40,44). The topological polar surface area (TPSA) is 105 Å². The van der Waals surface area contributed by atoms with Gasteiger partial charge in [-0.05, 0) is 55.7 Å². The molecular weight excluding hydrogens is 645 g/mol. The van der Waals surface area contributed by atoms with E-state index in [1.807, 2.05) is 37.3 Å². The Labute approximate surface area is 287 Å². The van der Waals surface area contributed by atoms with Crippen molar-refractivity contribution in [1.29, 1.82) is 0 Å². The minimum Gasteiger partial charge on any atom is -0.493 e. The second kappa shape index (κ2) is 16.0. The maximum atomic E-state index is 15.2. The van der Waals surface area contributed by atoms with E-state index >= 15 is 4.39 Å². The molecule has 49 heavy (non-hydrogen) atoms. The zero-order chi connectivity index (χ0) is 35.0. The highest BCUT2D eigenvalue weighted by atomic mass is 32.2. The SMILES string of the molecule is COc1ccc(N(CC(=O)N(Cc2ccccc2F)C(Cc2ccccc2)C(=O)NC2CCCC2)S(=O)(=O)c2ccc(C)cc2)cc1OC. The van der Waals surface area contributed by atoms with Crippen LogP contribution < -0.4 is 19.1 Å². The summed E-state index contributed by atoms with van der Waals surface area (Å²) < 4.78 is 55.7. The average molecular weight is 688 g/mol. The van der Waals surface area contributed by atoms with Crippen LogP contribution in [-0.2, 0) is 32.6 Å². The highest BCUT2D eigenvalue weighted by molar-refractivity contribution is 7.92. The summed E-state index contributed by atoms with van der Waals surface area (Å²) in [4.78, 5) is 30.1. The van der Waals surface area contributed by atoms with Crippen molar-refractivity contribution >= 4 is 27.5 Å². The number of carbonyl (C=O) groups excluding carboxylic acids is 2. The van der Waals surface area contributed by atoms with Crippen molar-refractivity contribution in [2.24, 2.45) is 0 Å². The van der Waals surface area contributed by atoms with Crippen molar-refractivity contribution in [3.05, 3.63) is 120 Å². The van der Waals surface area contributed by atoms with Crippen molar-refractivity contribution in [2.75, 3.05) is 25.1 Å². The molecule has 4 aromatic rings. The first-order valence-corrected chi connectivity index (χ1v) is 17.7. The molecule has 1 atom stereocenters. The molecule has 2 amide bonds. The molecule has 0 radical (unpaired) electrons. The third-order valence-corrected chi connectivity index (χ3v) is 10.6. The average Bonchev–Trinajstić information content (AvgIpc) is 3.62. The van der Waals surface area contributed by atoms with E-state index in [1.54, 1.807) is 36.4 Å². The molecule has 258 valence electrons. The van der Waals surface area contributed by atoms with Crippen molar-refractivity contribution in [3.8, 4) is 11.5 Å². The molecule has 0 saturated heterocycles. The Morgan fingerprint density at radius 1 is 0.878 bits per heavy atom. The van der Waals surface area contributed by atoms with Gasteiger partial charge in [0.25, 0.3) is 10.0 Å². The highest BCUT2D eigenvalue weighted by Gasteiger charge is 2.36. The van der Waals surface area contributed by atoms with Crippen LogP contribution in [0.4, 0.5) is 10.1 Å². The van der Waals surface area contributed by atoms with E-state index < -0.39 is 34.3 Å². The van der Waals surface area contributed by atoms with Crippen LogP contribution in [0.5, 0.6) is 11.5 Å². The van der Waals surface area contributed by atoms with Gasteiger partial charge in [-0.15, -0.1) is 0 Å². The van der Waals surface area contributed by atoms with E-state index in [0.29, 0.717) is 5.75 Å². The van der Waals surface area contributed by atoms with Gasteiger partial charge in [0, 0.05) is 30.6 Å². The van der Waals surface area contributed by atoms with Crippen LogP contribution in [0.3, 0.4) is 0 Å². The quantitative estimate of drug-likeness (QED) is 0.173. The van der Waals surface area contributed by atoms with Crippen LogP contribution in [-0.4, -0.2) is 58.0 Å². The maximum absolute atomic E-state index is 15.2. The van der Waals surface area contributed by atoms with Gasteiger partial charge in [-0.2, -0.15) is 0 Å². The molecule has 5 rings (SSSR count). The monoisotopic (exact) mass is 687 g/mol. The Hall–Kier alpha value is -4.90. The Morgan fingerprint density at radius 2 is 1.53 bits per heavy atom. The molecule has 1 aliphatic carbocycles. The second-order valence-electron chi connectivity index (χ2n) is 12.2. The van der Waals surface area contributed by atoms with Gasteiger partial charge in [0.2, 0.25) is 11.8 Å². The lowest BCUT2D eigenvalue weighted by Crippen LogP contribution is -2.54. The van der Waals surface area contributed by atoms with Crippen molar-refractivity contribution in [3.63, 3.8) is 0 Å². The molecule has 0 spiro atoms. The number of hydrogen-bond acceptors (Lipinski definition) is 6. The van der Waals surface area contributed by atoms with E-state index in [2.05, 4.69) is 5.32 Å². The lowest BCUT2D eigenvalue weighted by molar-refractivity contribution is -0.140. The molecule has 0 aliphatic heterocycles. The second-order valence-corrected chi connectivity index (χ2v) is 14.0. The smallest absolute Gasteiger partial charge is 0.264 e. The summed E-state index contributed by atoms with van der Waals surface area (Å²) in [7, 11) is -1.44. The Balaban J connectivity index is 1.60. The maximum Gasteiger partial charge on any atom is 0.264 e. The summed E-state index contributed by atoms with van der Waals surface area (Å²) >= 11 is 0. The zero-order valence-corrected chi connectivity index (χ0v) is 28.8. The fraction of sp³-hybridized carbons (Fsp3) is 0.316. The van der Waals surface area contributed by atoms with Gasteiger partial charge < -0.3 is 19.7 Å². The molecule has 1 saturated carbocycles. The minimum atomic E-state index is -4.33. The summed E-state index contributed by atoms with van der Waals surface area (Å²) in [5.74, 6) is -0.967. The number of methoxy groups -OCH3 is 2. The van der Waals surface area contributed by atoms with Crippen LogP contribution in [0.15, 0.2) is 102 Å². The summed E-state index contributed by atoms with van der Waals surface area (Å²) in [6.45, 7) is 0.906. The summed E-state index contributed by atoms with van der Waals surface area (Å²) in [6.07, 6.45) is 3.77. The van der Waals surface area contributed by atoms with E-state index in [1.165, 1.54) is 49.5 Å². The Morgan fingerprint density at radius 3 is 2.18 bits per heavy atom. The molecule has 1 N–H and O–H groups in total. The summed E-state index contributed by atoms with van der Waals surface area (Å²) in [5.41, 5.74) is 2.00. The van der Waals surface area contributed by atoms with Crippen molar-refractivity contribution in [2.45, 2.75) is 62.6 Å². The molecule has 4 aromatic carbocycles. The largest absolute Gasteiger partial charge is 0.493 e. The first-order valence-electron chi connectivity index (χ1n) is 16.3. The first-order chi connectivity index (χ1) is 23.6. The fourth-order valence-electron chi connectivity index (χ4n) is 6.08. The molecule has 1 aliphatic rings. The third-order valence-electron chi connectivity index (χ3n) is 8.81. The number of halogens is 1. The number of carbonyl (C=O) groups is 2. The van der Waals surface area contributed by atoms with Gasteiger partial charge in [0.1, 0.15) is 18.4 Å². The molecule has 1 fully saturated rings. The minimum absolute atomic E-state index is 0.0267. The summed E-state index contributed by atoms with van der Waals surface area (Å²) in [5, 5.41) is 3.12. The molecular formula is C38H42FN3O6S. The van der Waals surface area contributed by atoms with Crippen LogP contribution in [0.2, 0.25) is 0 Å². The van der Waals surface area contributed by atoms with E-state index in [0.717, 1.165) is 41.1 Å². The van der Waals surface area contributed by atoms with E-state index in [4.69, 9.17) is 9.47 Å². The molecule has 0 heterocycles. The first kappa shape index (κ1) is 35.4. The number of rotatable bonds is 14. The number of nitrogens with one attached hydrogen (secondary N) is 1. The molecule has 0 bridgehead atoms. The molecule has 0 aromatic heterocycles. The number of sulfonamides is 1. The number of amides is 2. The lowest BCUT2D eigenvalue weighted by atomic mass is 10.0. The molecule has 1 unspecified atom stereocenters. The number of nitrogens with zero attached hydrogens (tertiary/aromatic N) is 2. The Bertz CT molecular complexity index is 1850. The Kier molecular flexibility index (Phi) is 11.6. The van der Waals surface area contributed by atoms with Crippen LogP contribution >= 0.6 is 0 Å². The predicted octanol–water partition coefficient (Wildman–Crippen LogP) is 6.05.